The molecule has 1 aromatic carbocycles. The first-order valence-corrected chi connectivity index (χ1v) is 6.57. The summed E-state index contributed by atoms with van der Waals surface area (Å²) in [5.41, 5.74) is 1.04. The monoisotopic (exact) mass is 319 g/mol. The molecule has 0 unspecified atom stereocenters. The van der Waals surface area contributed by atoms with Crippen LogP contribution >= 0.6 is 11.6 Å². The van der Waals surface area contributed by atoms with Crippen LogP contribution in [0.15, 0.2) is 45.5 Å². The van der Waals surface area contributed by atoms with E-state index < -0.39 is 6.09 Å². The van der Waals surface area contributed by atoms with Crippen molar-refractivity contribution in [3.05, 3.63) is 41.6 Å². The molecule has 1 amide bonds. The second-order valence-corrected chi connectivity index (χ2v) is 4.62. The first-order valence-electron chi connectivity index (χ1n) is 6.20. The fourth-order valence-electron chi connectivity index (χ4n) is 1.77. The van der Waals surface area contributed by atoms with Gasteiger partial charge in [-0.25, -0.2) is 4.79 Å². The number of hydrogen-bond donors (Lipinski definition) is 1. The lowest BCUT2D eigenvalue weighted by molar-refractivity contribution is 0.187. The summed E-state index contributed by atoms with van der Waals surface area (Å²) in [6, 6.07) is 8.32. The van der Waals surface area contributed by atoms with Crippen LogP contribution in [0.4, 0.5) is 10.5 Å². The van der Waals surface area contributed by atoms with Gasteiger partial charge in [0.1, 0.15) is 0 Å². The fourth-order valence-corrected chi connectivity index (χ4v) is 2.04. The highest BCUT2D eigenvalue weighted by Crippen LogP contribution is 2.30. The molecule has 0 atom stereocenters. The number of nitrogens with zero attached hydrogens (tertiary/aromatic N) is 2. The Morgan fingerprint density at radius 1 is 1.36 bits per heavy atom. The molecule has 0 aliphatic heterocycles. The molecule has 0 aliphatic carbocycles. The third-order valence-corrected chi connectivity index (χ3v) is 3.11. The standard InChI is InChI=1S/C14H10ClN3O4/c1-20-14(19)16-8-4-5-9(10(15)7-8)13-17-12(18-22-13)11-3-2-6-21-11/h2-7H,1H3,(H,16,19). The number of nitrogens with one attached hydrogen (secondary N) is 1. The number of furan rings is 1. The van der Waals surface area contributed by atoms with Gasteiger partial charge in [0, 0.05) is 5.69 Å². The van der Waals surface area contributed by atoms with Crippen molar-refractivity contribution in [2.24, 2.45) is 0 Å². The number of carbonyl (C=O) groups is 1. The van der Waals surface area contributed by atoms with Crippen molar-refractivity contribution in [3.63, 3.8) is 0 Å². The Bertz CT molecular complexity index is 798. The van der Waals surface area contributed by atoms with Crippen LogP contribution < -0.4 is 5.32 Å². The molecule has 0 saturated heterocycles. The Morgan fingerprint density at radius 2 is 2.23 bits per heavy atom. The number of carbonyl (C=O) groups excluding carboxylic acids is 1. The predicted molar refractivity (Wildman–Crippen MR) is 78.5 cm³/mol. The number of benzene rings is 1. The summed E-state index contributed by atoms with van der Waals surface area (Å²) in [6.07, 6.45) is 0.938. The topological polar surface area (TPSA) is 90.4 Å². The SMILES string of the molecule is COC(=O)Nc1ccc(-c2nc(-c3ccco3)no2)c(Cl)c1. The molecule has 3 rings (SSSR count). The van der Waals surface area contributed by atoms with Gasteiger partial charge in [-0.3, -0.25) is 5.32 Å². The predicted octanol–water partition coefficient (Wildman–Crippen LogP) is 3.83. The maximum absolute atomic E-state index is 11.2. The molecule has 7 nitrogen and oxygen atoms in total. The Kier molecular flexibility index (Phi) is 3.80. The van der Waals surface area contributed by atoms with Crippen LogP contribution in [-0.2, 0) is 4.74 Å². The molecule has 2 heterocycles. The number of amides is 1. The second-order valence-electron chi connectivity index (χ2n) is 4.21. The van der Waals surface area contributed by atoms with Crippen molar-refractivity contribution in [3.8, 4) is 23.0 Å². The minimum atomic E-state index is -0.582. The highest BCUT2D eigenvalue weighted by Gasteiger charge is 2.15. The van der Waals surface area contributed by atoms with Gasteiger partial charge in [-0.1, -0.05) is 16.8 Å². The van der Waals surface area contributed by atoms with Gasteiger partial charge in [0.2, 0.25) is 5.82 Å². The molecule has 8 heteroatoms. The zero-order valence-corrected chi connectivity index (χ0v) is 12.1. The normalized spacial score (nSPS) is 10.5. The average Bonchev–Trinajstić information content (AvgIpc) is 3.18. The summed E-state index contributed by atoms with van der Waals surface area (Å²) in [5, 5.41) is 6.69. The van der Waals surface area contributed by atoms with E-state index in [0.29, 0.717) is 27.9 Å². The molecule has 3 aromatic rings. The molecule has 0 bridgehead atoms. The molecular weight excluding hydrogens is 310 g/mol. The van der Waals surface area contributed by atoms with Crippen molar-refractivity contribution in [1.82, 2.24) is 10.1 Å². The highest BCUT2D eigenvalue weighted by atomic mass is 35.5. The van der Waals surface area contributed by atoms with Crippen molar-refractivity contribution in [2.45, 2.75) is 0 Å². The third-order valence-electron chi connectivity index (χ3n) is 2.80. The number of rotatable bonds is 3. The van der Waals surface area contributed by atoms with E-state index in [-0.39, 0.29) is 5.89 Å². The van der Waals surface area contributed by atoms with Crippen LogP contribution in [0, 0.1) is 0 Å². The summed E-state index contributed by atoms with van der Waals surface area (Å²) >= 11 is 6.18. The van der Waals surface area contributed by atoms with Gasteiger partial charge in [0.05, 0.1) is 24.0 Å². The van der Waals surface area contributed by atoms with Gasteiger partial charge < -0.3 is 13.7 Å². The van der Waals surface area contributed by atoms with Gasteiger partial charge in [0.25, 0.3) is 5.89 Å². The quantitative estimate of drug-likeness (QED) is 0.789. The molecule has 0 spiro atoms. The van der Waals surface area contributed by atoms with Crippen molar-refractivity contribution >= 4 is 23.4 Å². The summed E-state index contributed by atoms with van der Waals surface area (Å²) in [6.45, 7) is 0. The molecule has 0 fully saturated rings. The number of aromatic nitrogens is 2. The minimum absolute atomic E-state index is 0.251. The van der Waals surface area contributed by atoms with E-state index in [4.69, 9.17) is 20.5 Å². The second kappa shape index (κ2) is 5.90. The van der Waals surface area contributed by atoms with Crippen LogP contribution in [-0.4, -0.2) is 23.3 Å². The Labute approximate surface area is 129 Å². The lowest BCUT2D eigenvalue weighted by Gasteiger charge is -2.05. The Balaban J connectivity index is 1.87. The minimum Gasteiger partial charge on any atom is -0.461 e. The third kappa shape index (κ3) is 2.79. The van der Waals surface area contributed by atoms with E-state index in [2.05, 4.69) is 20.2 Å². The summed E-state index contributed by atoms with van der Waals surface area (Å²) in [7, 11) is 1.28. The Hall–Kier alpha value is -2.80. The highest BCUT2D eigenvalue weighted by molar-refractivity contribution is 6.33. The summed E-state index contributed by atoms with van der Waals surface area (Å²) in [4.78, 5) is 15.4. The Morgan fingerprint density at radius 3 is 2.91 bits per heavy atom. The maximum Gasteiger partial charge on any atom is 0.411 e. The van der Waals surface area contributed by atoms with Crippen LogP contribution in [0.25, 0.3) is 23.0 Å². The van der Waals surface area contributed by atoms with E-state index in [1.54, 1.807) is 30.3 Å². The fraction of sp³-hybridized carbons (Fsp3) is 0.0714. The van der Waals surface area contributed by atoms with Gasteiger partial charge in [-0.2, -0.15) is 4.98 Å². The number of halogens is 1. The summed E-state index contributed by atoms with van der Waals surface area (Å²) < 4.78 is 14.9. The van der Waals surface area contributed by atoms with E-state index in [9.17, 15) is 4.79 Å². The molecule has 112 valence electrons. The van der Waals surface area contributed by atoms with Gasteiger partial charge in [0.15, 0.2) is 5.76 Å². The number of hydrogen-bond acceptors (Lipinski definition) is 6. The number of anilines is 1. The first kappa shape index (κ1) is 14.2. The van der Waals surface area contributed by atoms with E-state index in [1.165, 1.54) is 13.4 Å². The lowest BCUT2D eigenvalue weighted by Crippen LogP contribution is -2.10. The summed E-state index contributed by atoms with van der Waals surface area (Å²) in [5.74, 6) is 1.07. The van der Waals surface area contributed by atoms with Crippen molar-refractivity contribution in [2.75, 3.05) is 12.4 Å². The number of ether oxygens (including phenoxy) is 1. The van der Waals surface area contributed by atoms with E-state index >= 15 is 0 Å². The average molecular weight is 320 g/mol. The smallest absolute Gasteiger partial charge is 0.411 e. The maximum atomic E-state index is 11.2. The first-order chi connectivity index (χ1) is 10.7. The van der Waals surface area contributed by atoms with Crippen LogP contribution in [0.1, 0.15) is 0 Å². The van der Waals surface area contributed by atoms with Crippen LogP contribution in [0.5, 0.6) is 0 Å². The molecular formula is C14H10ClN3O4. The largest absolute Gasteiger partial charge is 0.461 e. The van der Waals surface area contributed by atoms with E-state index in [0.717, 1.165) is 0 Å². The zero-order valence-electron chi connectivity index (χ0n) is 11.4. The molecule has 1 N–H and O–H groups in total. The van der Waals surface area contributed by atoms with Gasteiger partial charge in [-0.05, 0) is 30.3 Å². The van der Waals surface area contributed by atoms with Crippen molar-refractivity contribution in [1.29, 1.82) is 0 Å². The molecule has 0 aliphatic rings. The zero-order chi connectivity index (χ0) is 15.5. The van der Waals surface area contributed by atoms with Crippen LogP contribution in [0.2, 0.25) is 5.02 Å². The van der Waals surface area contributed by atoms with E-state index in [1.807, 2.05) is 0 Å². The molecule has 22 heavy (non-hydrogen) atoms. The molecule has 2 aromatic heterocycles. The van der Waals surface area contributed by atoms with Crippen molar-refractivity contribution < 1.29 is 18.5 Å². The van der Waals surface area contributed by atoms with Gasteiger partial charge >= 0.3 is 6.09 Å². The molecule has 0 saturated carbocycles. The lowest BCUT2D eigenvalue weighted by atomic mass is 10.2. The molecule has 0 radical (unpaired) electrons. The van der Waals surface area contributed by atoms with Gasteiger partial charge in [-0.15, -0.1) is 0 Å². The van der Waals surface area contributed by atoms with Crippen LogP contribution in [0.3, 0.4) is 0 Å². The number of methoxy groups -OCH3 is 1.